The predicted molar refractivity (Wildman–Crippen MR) is 94.6 cm³/mol. The number of esters is 1. The number of benzene rings is 1. The van der Waals surface area contributed by atoms with E-state index in [0.717, 1.165) is 44.5 Å². The molecule has 0 saturated carbocycles. The number of nitrogens with zero attached hydrogens (tertiary/aromatic N) is 2. The average Bonchev–Trinajstić information content (AvgIpc) is 3.03. The number of ether oxygens (including phenoxy) is 1. The fourth-order valence-electron chi connectivity index (χ4n) is 3.68. The number of carbonyl (C=O) groups is 2. The van der Waals surface area contributed by atoms with E-state index in [1.165, 1.54) is 11.0 Å². The number of piperidine rings is 1. The zero-order chi connectivity index (χ0) is 19.6. The molecule has 1 amide bonds. The van der Waals surface area contributed by atoms with Crippen molar-refractivity contribution in [3.05, 3.63) is 23.8 Å². The van der Waals surface area contributed by atoms with Crippen LogP contribution >= 0.6 is 0 Å². The first kappa shape index (κ1) is 19.5. The van der Waals surface area contributed by atoms with Gasteiger partial charge in [-0.25, -0.2) is 0 Å². The SMILES string of the molecule is CCOC(=O)[C@@H]1CC(=O)N(c2cc(C(F)(F)F)ccc2N2CCCCC2)C1. The van der Waals surface area contributed by atoms with E-state index in [0.29, 0.717) is 5.69 Å². The molecule has 0 bridgehead atoms. The molecule has 5 nitrogen and oxygen atoms in total. The summed E-state index contributed by atoms with van der Waals surface area (Å²) in [6.07, 6.45) is -1.55. The van der Waals surface area contributed by atoms with Gasteiger partial charge in [-0.3, -0.25) is 9.59 Å². The fourth-order valence-corrected chi connectivity index (χ4v) is 3.68. The van der Waals surface area contributed by atoms with Crippen LogP contribution in [0, 0.1) is 5.92 Å². The highest BCUT2D eigenvalue weighted by molar-refractivity contribution is 6.02. The topological polar surface area (TPSA) is 49.9 Å². The van der Waals surface area contributed by atoms with Crippen LogP contribution in [-0.2, 0) is 20.5 Å². The largest absolute Gasteiger partial charge is 0.466 e. The van der Waals surface area contributed by atoms with Gasteiger partial charge in [-0.2, -0.15) is 13.2 Å². The molecule has 3 rings (SSSR count). The Morgan fingerprint density at radius 2 is 1.89 bits per heavy atom. The standard InChI is InChI=1S/C19H23F3N2O3/c1-2-27-18(26)13-10-17(25)24(12-13)16-11-14(19(20,21)22)6-7-15(16)23-8-4-3-5-9-23/h6-7,11,13H,2-5,8-10,12H2,1H3/t13-/m1/s1. The molecule has 27 heavy (non-hydrogen) atoms. The first-order valence-electron chi connectivity index (χ1n) is 9.24. The van der Waals surface area contributed by atoms with Crippen LogP contribution in [0.2, 0.25) is 0 Å². The second-order valence-electron chi connectivity index (χ2n) is 6.91. The van der Waals surface area contributed by atoms with Crippen molar-refractivity contribution in [1.82, 2.24) is 0 Å². The summed E-state index contributed by atoms with van der Waals surface area (Å²) in [7, 11) is 0. The first-order valence-corrected chi connectivity index (χ1v) is 9.24. The summed E-state index contributed by atoms with van der Waals surface area (Å²) in [5.41, 5.74) is 0.0368. The molecule has 2 fully saturated rings. The van der Waals surface area contributed by atoms with Gasteiger partial charge in [-0.1, -0.05) is 0 Å². The second-order valence-corrected chi connectivity index (χ2v) is 6.91. The number of rotatable bonds is 4. The molecule has 2 aliphatic heterocycles. The Balaban J connectivity index is 1.95. The maximum absolute atomic E-state index is 13.2. The lowest BCUT2D eigenvalue weighted by molar-refractivity contribution is -0.147. The summed E-state index contributed by atoms with van der Waals surface area (Å²) >= 11 is 0. The van der Waals surface area contributed by atoms with E-state index in [2.05, 4.69) is 0 Å². The quantitative estimate of drug-likeness (QED) is 0.744. The number of amides is 1. The Hall–Kier alpha value is -2.25. The second kappa shape index (κ2) is 7.78. The Morgan fingerprint density at radius 3 is 2.52 bits per heavy atom. The van der Waals surface area contributed by atoms with Gasteiger partial charge in [0.25, 0.3) is 0 Å². The van der Waals surface area contributed by atoms with E-state index >= 15 is 0 Å². The van der Waals surface area contributed by atoms with E-state index < -0.39 is 23.6 Å². The van der Waals surface area contributed by atoms with Gasteiger partial charge in [0.15, 0.2) is 0 Å². The third-order valence-corrected chi connectivity index (χ3v) is 5.04. The van der Waals surface area contributed by atoms with Crippen LogP contribution in [0.1, 0.15) is 38.2 Å². The van der Waals surface area contributed by atoms with Crippen molar-refractivity contribution in [2.75, 3.05) is 36.0 Å². The molecular weight excluding hydrogens is 361 g/mol. The van der Waals surface area contributed by atoms with Gasteiger partial charge in [-0.05, 0) is 44.4 Å². The third kappa shape index (κ3) is 4.20. The first-order chi connectivity index (χ1) is 12.8. The molecule has 2 saturated heterocycles. The molecular formula is C19H23F3N2O3. The van der Waals surface area contributed by atoms with Gasteiger partial charge in [-0.15, -0.1) is 0 Å². The minimum atomic E-state index is -4.50. The lowest BCUT2D eigenvalue weighted by Crippen LogP contribution is -2.33. The van der Waals surface area contributed by atoms with E-state index in [1.54, 1.807) is 6.92 Å². The monoisotopic (exact) mass is 384 g/mol. The molecule has 0 N–H and O–H groups in total. The summed E-state index contributed by atoms with van der Waals surface area (Å²) in [4.78, 5) is 27.8. The Labute approximate surface area is 156 Å². The van der Waals surface area contributed by atoms with Crippen molar-refractivity contribution in [3.63, 3.8) is 0 Å². The number of alkyl halides is 3. The predicted octanol–water partition coefficient (Wildman–Crippen LogP) is 3.61. The zero-order valence-electron chi connectivity index (χ0n) is 15.2. The summed E-state index contributed by atoms with van der Waals surface area (Å²) in [5, 5.41) is 0. The van der Waals surface area contributed by atoms with Crippen LogP contribution in [0.5, 0.6) is 0 Å². The number of halogens is 3. The molecule has 1 aromatic carbocycles. The molecule has 1 atom stereocenters. The van der Waals surface area contributed by atoms with Crippen molar-refractivity contribution in [2.24, 2.45) is 5.92 Å². The van der Waals surface area contributed by atoms with E-state index in [9.17, 15) is 22.8 Å². The summed E-state index contributed by atoms with van der Waals surface area (Å²) in [6.45, 7) is 3.39. The summed E-state index contributed by atoms with van der Waals surface area (Å²) in [6, 6.07) is 3.51. The molecule has 1 aromatic rings. The van der Waals surface area contributed by atoms with Crippen LogP contribution in [0.15, 0.2) is 18.2 Å². The third-order valence-electron chi connectivity index (χ3n) is 5.04. The molecule has 0 aliphatic carbocycles. The highest BCUT2D eigenvalue weighted by Crippen LogP contribution is 2.40. The number of carbonyl (C=O) groups excluding carboxylic acids is 2. The smallest absolute Gasteiger partial charge is 0.416 e. The lowest BCUT2D eigenvalue weighted by atomic mass is 10.1. The number of anilines is 2. The Kier molecular flexibility index (Phi) is 5.62. The van der Waals surface area contributed by atoms with Crippen molar-refractivity contribution in [3.8, 4) is 0 Å². The maximum Gasteiger partial charge on any atom is 0.416 e. The highest BCUT2D eigenvalue weighted by Gasteiger charge is 2.39. The Morgan fingerprint density at radius 1 is 1.19 bits per heavy atom. The van der Waals surface area contributed by atoms with Crippen LogP contribution in [0.3, 0.4) is 0 Å². The molecule has 148 valence electrons. The van der Waals surface area contributed by atoms with Crippen LogP contribution in [0.25, 0.3) is 0 Å². The Bertz CT molecular complexity index is 715. The molecule has 0 radical (unpaired) electrons. The van der Waals surface area contributed by atoms with E-state index in [-0.39, 0.29) is 31.2 Å². The number of hydrogen-bond acceptors (Lipinski definition) is 4. The molecule has 2 heterocycles. The highest BCUT2D eigenvalue weighted by atomic mass is 19.4. The molecule has 0 unspecified atom stereocenters. The van der Waals surface area contributed by atoms with Gasteiger partial charge < -0.3 is 14.5 Å². The van der Waals surface area contributed by atoms with Gasteiger partial charge in [0.2, 0.25) is 5.91 Å². The lowest BCUT2D eigenvalue weighted by Gasteiger charge is -2.33. The molecule has 0 aromatic heterocycles. The van der Waals surface area contributed by atoms with Gasteiger partial charge in [0.05, 0.1) is 29.5 Å². The van der Waals surface area contributed by atoms with Crippen molar-refractivity contribution in [1.29, 1.82) is 0 Å². The van der Waals surface area contributed by atoms with Crippen LogP contribution in [-0.4, -0.2) is 38.1 Å². The molecule has 0 spiro atoms. The van der Waals surface area contributed by atoms with Gasteiger partial charge >= 0.3 is 12.1 Å². The minimum absolute atomic E-state index is 0.0415. The molecule has 8 heteroatoms. The average molecular weight is 384 g/mol. The number of hydrogen-bond donors (Lipinski definition) is 0. The van der Waals surface area contributed by atoms with E-state index in [4.69, 9.17) is 4.74 Å². The van der Waals surface area contributed by atoms with Crippen molar-refractivity contribution >= 4 is 23.3 Å². The minimum Gasteiger partial charge on any atom is -0.466 e. The maximum atomic E-state index is 13.2. The fraction of sp³-hybridized carbons (Fsp3) is 0.579. The molecule has 2 aliphatic rings. The van der Waals surface area contributed by atoms with Gasteiger partial charge in [0, 0.05) is 26.1 Å². The summed E-state index contributed by atoms with van der Waals surface area (Å²) < 4.78 is 44.7. The van der Waals surface area contributed by atoms with Crippen molar-refractivity contribution < 1.29 is 27.5 Å². The van der Waals surface area contributed by atoms with Crippen LogP contribution < -0.4 is 9.80 Å². The van der Waals surface area contributed by atoms with Gasteiger partial charge in [0.1, 0.15) is 0 Å². The summed E-state index contributed by atoms with van der Waals surface area (Å²) in [5.74, 6) is -1.49. The van der Waals surface area contributed by atoms with Crippen LogP contribution in [0.4, 0.5) is 24.5 Å². The zero-order valence-corrected chi connectivity index (χ0v) is 15.2. The normalized spacial score (nSPS) is 20.9. The van der Waals surface area contributed by atoms with Crippen molar-refractivity contribution in [2.45, 2.75) is 38.8 Å². The van der Waals surface area contributed by atoms with E-state index in [1.807, 2.05) is 4.90 Å².